The predicted octanol–water partition coefficient (Wildman–Crippen LogP) is 1.30. The van der Waals surface area contributed by atoms with Crippen molar-refractivity contribution in [2.24, 2.45) is 5.73 Å². The molecular formula is C7H12F3NO3. The summed E-state index contributed by atoms with van der Waals surface area (Å²) in [5.74, 6) is -2.95. The zero-order valence-electron chi connectivity index (χ0n) is 7.60. The summed E-state index contributed by atoms with van der Waals surface area (Å²) in [7, 11) is 0. The Morgan fingerprint density at radius 3 is 1.79 bits per heavy atom. The summed E-state index contributed by atoms with van der Waals surface area (Å²) in [5, 5.41) is 7.12. The lowest BCUT2D eigenvalue weighted by atomic mass is 10.2. The Balaban J connectivity index is 0. The van der Waals surface area contributed by atoms with Crippen LogP contribution in [0.1, 0.15) is 26.2 Å². The van der Waals surface area contributed by atoms with Crippen molar-refractivity contribution >= 4 is 11.9 Å². The van der Waals surface area contributed by atoms with Gasteiger partial charge in [-0.3, -0.25) is 4.79 Å². The standard InChI is InChI=1S/C5H11NO.C2HF3O2/c1-2-3-4-5(6)7;3-2(4,5)1(6)7/h2-4H2,1H3,(H2,6,7);(H,6,7). The maximum Gasteiger partial charge on any atom is 0.490 e. The Morgan fingerprint density at radius 2 is 1.71 bits per heavy atom. The maximum atomic E-state index is 10.6. The van der Waals surface area contributed by atoms with Gasteiger partial charge in [-0.15, -0.1) is 0 Å². The summed E-state index contributed by atoms with van der Waals surface area (Å²) >= 11 is 0. The van der Waals surface area contributed by atoms with Gasteiger partial charge < -0.3 is 10.8 Å². The van der Waals surface area contributed by atoms with Crippen LogP contribution in [-0.2, 0) is 9.59 Å². The van der Waals surface area contributed by atoms with Crippen molar-refractivity contribution in [3.63, 3.8) is 0 Å². The average molecular weight is 215 g/mol. The molecule has 0 aromatic carbocycles. The molecule has 7 heteroatoms. The third kappa shape index (κ3) is 13.3. The van der Waals surface area contributed by atoms with E-state index in [0.29, 0.717) is 6.42 Å². The highest BCUT2D eigenvalue weighted by molar-refractivity contribution is 5.73. The summed E-state index contributed by atoms with van der Waals surface area (Å²) in [6.07, 6.45) is -2.57. The largest absolute Gasteiger partial charge is 0.490 e. The number of carboxylic acid groups (broad SMARTS) is 1. The molecule has 0 rings (SSSR count). The van der Waals surface area contributed by atoms with Gasteiger partial charge in [-0.05, 0) is 6.42 Å². The molecule has 3 N–H and O–H groups in total. The van der Waals surface area contributed by atoms with E-state index in [9.17, 15) is 18.0 Å². The van der Waals surface area contributed by atoms with Gasteiger partial charge in [0.1, 0.15) is 0 Å². The van der Waals surface area contributed by atoms with Gasteiger partial charge in [-0.25, -0.2) is 4.79 Å². The van der Waals surface area contributed by atoms with E-state index in [-0.39, 0.29) is 5.91 Å². The van der Waals surface area contributed by atoms with Crippen LogP contribution in [0.15, 0.2) is 0 Å². The van der Waals surface area contributed by atoms with Crippen LogP contribution in [0.2, 0.25) is 0 Å². The molecule has 0 aromatic rings. The fourth-order valence-electron chi connectivity index (χ4n) is 0.351. The molecular weight excluding hydrogens is 203 g/mol. The molecule has 0 fully saturated rings. The van der Waals surface area contributed by atoms with Crippen molar-refractivity contribution in [3.05, 3.63) is 0 Å². The first kappa shape index (κ1) is 15.2. The number of nitrogens with two attached hydrogens (primary N) is 1. The lowest BCUT2D eigenvalue weighted by Crippen LogP contribution is -2.21. The third-order valence-corrected chi connectivity index (χ3v) is 1.02. The van der Waals surface area contributed by atoms with Gasteiger partial charge >= 0.3 is 12.1 Å². The highest BCUT2D eigenvalue weighted by atomic mass is 19.4. The number of amides is 1. The predicted molar refractivity (Wildman–Crippen MR) is 42.4 cm³/mol. The van der Waals surface area contributed by atoms with E-state index in [1.165, 1.54) is 0 Å². The maximum absolute atomic E-state index is 10.6. The van der Waals surface area contributed by atoms with Crippen LogP contribution in [0, 0.1) is 0 Å². The molecule has 0 saturated heterocycles. The Kier molecular flexibility index (Phi) is 7.78. The van der Waals surface area contributed by atoms with Crippen molar-refractivity contribution in [2.45, 2.75) is 32.4 Å². The van der Waals surface area contributed by atoms with E-state index >= 15 is 0 Å². The summed E-state index contributed by atoms with van der Waals surface area (Å²) in [6.45, 7) is 2.03. The molecule has 0 aliphatic rings. The Morgan fingerprint density at radius 1 is 1.36 bits per heavy atom. The SMILES string of the molecule is CCCCC(N)=O.O=C(O)C(F)(F)F. The molecule has 4 nitrogen and oxygen atoms in total. The minimum Gasteiger partial charge on any atom is -0.475 e. The van der Waals surface area contributed by atoms with E-state index in [4.69, 9.17) is 15.6 Å². The number of hydrogen-bond donors (Lipinski definition) is 2. The molecule has 84 valence electrons. The van der Waals surface area contributed by atoms with E-state index < -0.39 is 12.1 Å². The van der Waals surface area contributed by atoms with Crippen LogP contribution in [0.5, 0.6) is 0 Å². The second-order valence-corrected chi connectivity index (χ2v) is 2.37. The van der Waals surface area contributed by atoms with Gasteiger partial charge in [-0.2, -0.15) is 13.2 Å². The quantitative estimate of drug-likeness (QED) is 0.744. The number of rotatable bonds is 3. The summed E-state index contributed by atoms with van der Waals surface area (Å²) in [4.78, 5) is 18.9. The normalized spacial score (nSPS) is 10.0. The number of aliphatic carboxylic acids is 1. The number of unbranched alkanes of at least 4 members (excludes halogenated alkanes) is 1. The fraction of sp³-hybridized carbons (Fsp3) is 0.714. The number of primary amides is 1. The number of carbonyl (C=O) groups excluding carboxylic acids is 1. The highest BCUT2D eigenvalue weighted by Crippen LogP contribution is 2.13. The van der Waals surface area contributed by atoms with Crippen LogP contribution in [0.25, 0.3) is 0 Å². The summed E-state index contributed by atoms with van der Waals surface area (Å²) in [6, 6.07) is 0. The zero-order valence-corrected chi connectivity index (χ0v) is 7.60. The van der Waals surface area contributed by atoms with Crippen molar-refractivity contribution < 1.29 is 27.9 Å². The number of halogens is 3. The summed E-state index contributed by atoms with van der Waals surface area (Å²) in [5.41, 5.74) is 4.84. The molecule has 0 bridgehead atoms. The van der Waals surface area contributed by atoms with Crippen molar-refractivity contribution in [1.82, 2.24) is 0 Å². The molecule has 1 amide bonds. The van der Waals surface area contributed by atoms with Gasteiger partial charge in [0.25, 0.3) is 0 Å². The molecule has 14 heavy (non-hydrogen) atoms. The monoisotopic (exact) mass is 215 g/mol. The van der Waals surface area contributed by atoms with Crippen LogP contribution >= 0.6 is 0 Å². The van der Waals surface area contributed by atoms with Crippen LogP contribution in [-0.4, -0.2) is 23.2 Å². The number of alkyl halides is 3. The fourth-order valence-corrected chi connectivity index (χ4v) is 0.351. The van der Waals surface area contributed by atoms with E-state index in [2.05, 4.69) is 0 Å². The average Bonchev–Trinajstić information content (AvgIpc) is 2.00. The highest BCUT2D eigenvalue weighted by Gasteiger charge is 2.38. The molecule has 0 radical (unpaired) electrons. The van der Waals surface area contributed by atoms with Gasteiger partial charge in [-0.1, -0.05) is 13.3 Å². The molecule has 0 atom stereocenters. The number of carbonyl (C=O) groups is 2. The second kappa shape index (κ2) is 7.16. The topological polar surface area (TPSA) is 80.4 Å². The van der Waals surface area contributed by atoms with Gasteiger partial charge in [0.15, 0.2) is 0 Å². The minimum absolute atomic E-state index is 0.193. The van der Waals surface area contributed by atoms with Crippen LogP contribution < -0.4 is 5.73 Å². The lowest BCUT2D eigenvalue weighted by Gasteiger charge is -1.93. The molecule has 0 aliphatic heterocycles. The van der Waals surface area contributed by atoms with E-state index in [0.717, 1.165) is 12.8 Å². The molecule has 0 saturated carbocycles. The zero-order chi connectivity index (χ0) is 11.8. The molecule has 0 heterocycles. The van der Waals surface area contributed by atoms with Crippen molar-refractivity contribution in [2.75, 3.05) is 0 Å². The number of hydrogen-bond acceptors (Lipinski definition) is 2. The summed E-state index contributed by atoms with van der Waals surface area (Å²) < 4.78 is 31.7. The first-order valence-corrected chi connectivity index (χ1v) is 3.80. The van der Waals surface area contributed by atoms with Crippen LogP contribution in [0.4, 0.5) is 13.2 Å². The van der Waals surface area contributed by atoms with Gasteiger partial charge in [0.2, 0.25) is 5.91 Å². The Hall–Kier alpha value is -1.27. The molecule has 0 spiro atoms. The molecule has 0 aromatic heterocycles. The van der Waals surface area contributed by atoms with E-state index in [1.54, 1.807) is 0 Å². The third-order valence-electron chi connectivity index (χ3n) is 1.02. The second-order valence-electron chi connectivity index (χ2n) is 2.37. The number of carboxylic acids is 1. The first-order chi connectivity index (χ1) is 6.21. The smallest absolute Gasteiger partial charge is 0.475 e. The Labute approximate surface area is 78.9 Å². The minimum atomic E-state index is -5.08. The lowest BCUT2D eigenvalue weighted by molar-refractivity contribution is -0.192. The molecule has 0 aliphatic carbocycles. The molecule has 0 unspecified atom stereocenters. The van der Waals surface area contributed by atoms with Crippen molar-refractivity contribution in [3.8, 4) is 0 Å². The van der Waals surface area contributed by atoms with E-state index in [1.807, 2.05) is 6.92 Å². The van der Waals surface area contributed by atoms with Gasteiger partial charge in [0.05, 0.1) is 0 Å². The van der Waals surface area contributed by atoms with Crippen LogP contribution in [0.3, 0.4) is 0 Å². The van der Waals surface area contributed by atoms with Crippen molar-refractivity contribution in [1.29, 1.82) is 0 Å². The first-order valence-electron chi connectivity index (χ1n) is 3.80. The van der Waals surface area contributed by atoms with Gasteiger partial charge in [0, 0.05) is 6.42 Å². The Bertz CT molecular complexity index is 191.